The molecule has 4 aromatic heterocycles. The number of hydrogen-bond acceptors (Lipinski definition) is 6. The van der Waals surface area contributed by atoms with Crippen molar-refractivity contribution in [3.8, 4) is 17.3 Å². The second kappa shape index (κ2) is 12.6. The van der Waals surface area contributed by atoms with E-state index in [2.05, 4.69) is 148 Å². The van der Waals surface area contributed by atoms with E-state index in [0.717, 1.165) is 56.7 Å². The maximum absolute atomic E-state index is 6.64. The second-order valence-electron chi connectivity index (χ2n) is 15.1. The standard InChI is InChI=1S/C44H44N6O/c1-28(2)30-22-37(29(3)4)42(47-26-30)49-27-48(39-16-11-20-46-43(39)49)32-12-10-13-33(24-32)51-34-17-18-36-35-14-8-9-15-38(35)50(40(36)25-34)41-23-31(19-21-45-41)44(5,6)7/h8-26,28-29H,27H2,1-7H3. The molecule has 0 fully saturated rings. The Morgan fingerprint density at radius 3 is 2.25 bits per heavy atom. The van der Waals surface area contributed by atoms with Gasteiger partial charge in [0, 0.05) is 47.2 Å². The van der Waals surface area contributed by atoms with Crippen molar-refractivity contribution in [3.05, 3.63) is 132 Å². The quantitative estimate of drug-likeness (QED) is 0.168. The van der Waals surface area contributed by atoms with Gasteiger partial charge in [-0.15, -0.1) is 0 Å². The summed E-state index contributed by atoms with van der Waals surface area (Å²) in [5.41, 5.74) is 7.94. The molecule has 1 aliphatic rings. The van der Waals surface area contributed by atoms with Crippen molar-refractivity contribution in [2.75, 3.05) is 16.5 Å². The molecule has 5 heterocycles. The van der Waals surface area contributed by atoms with E-state index >= 15 is 0 Å². The summed E-state index contributed by atoms with van der Waals surface area (Å²) >= 11 is 0. The van der Waals surface area contributed by atoms with Gasteiger partial charge in [-0.3, -0.25) is 9.47 Å². The Kier molecular flexibility index (Phi) is 8.01. The summed E-state index contributed by atoms with van der Waals surface area (Å²) in [6.45, 7) is 16.2. The Labute approximate surface area is 300 Å². The first kappa shape index (κ1) is 32.5. The van der Waals surface area contributed by atoms with Crippen molar-refractivity contribution in [1.82, 2.24) is 19.5 Å². The zero-order valence-corrected chi connectivity index (χ0v) is 30.4. The first-order chi connectivity index (χ1) is 24.6. The number of para-hydroxylation sites is 1. The smallest absolute Gasteiger partial charge is 0.159 e. The first-order valence-corrected chi connectivity index (χ1v) is 17.8. The molecule has 0 bridgehead atoms. The third kappa shape index (κ3) is 5.86. The highest BCUT2D eigenvalue weighted by Gasteiger charge is 2.32. The Morgan fingerprint density at radius 1 is 0.647 bits per heavy atom. The number of hydrogen-bond donors (Lipinski definition) is 0. The molecule has 0 atom stereocenters. The van der Waals surface area contributed by atoms with Crippen LogP contribution in [0.25, 0.3) is 27.6 Å². The molecule has 7 nitrogen and oxygen atoms in total. The lowest BCUT2D eigenvalue weighted by Gasteiger charge is -2.24. The van der Waals surface area contributed by atoms with Crippen molar-refractivity contribution in [1.29, 1.82) is 0 Å². The van der Waals surface area contributed by atoms with Crippen LogP contribution in [-0.2, 0) is 5.41 Å². The van der Waals surface area contributed by atoms with E-state index in [-0.39, 0.29) is 5.41 Å². The molecule has 1 aliphatic heterocycles. The Morgan fingerprint density at radius 2 is 1.45 bits per heavy atom. The van der Waals surface area contributed by atoms with Gasteiger partial charge in [0.15, 0.2) is 5.82 Å². The number of ether oxygens (including phenoxy) is 1. The van der Waals surface area contributed by atoms with Crippen LogP contribution in [0.15, 0.2) is 116 Å². The van der Waals surface area contributed by atoms with Gasteiger partial charge in [-0.1, -0.05) is 78.8 Å². The number of benzene rings is 3. The summed E-state index contributed by atoms with van der Waals surface area (Å²) in [5, 5.41) is 2.34. The van der Waals surface area contributed by atoms with E-state index in [0.29, 0.717) is 18.5 Å². The van der Waals surface area contributed by atoms with Gasteiger partial charge >= 0.3 is 0 Å². The Bertz CT molecular complexity index is 2400. The number of anilines is 4. The maximum atomic E-state index is 6.64. The van der Waals surface area contributed by atoms with Crippen molar-refractivity contribution in [2.24, 2.45) is 0 Å². The number of aromatic nitrogens is 4. The molecule has 7 heteroatoms. The minimum atomic E-state index is 0.00427. The van der Waals surface area contributed by atoms with Crippen molar-refractivity contribution in [2.45, 2.75) is 65.7 Å². The third-order valence-corrected chi connectivity index (χ3v) is 9.91. The first-order valence-electron chi connectivity index (χ1n) is 17.8. The van der Waals surface area contributed by atoms with Gasteiger partial charge in [-0.2, -0.15) is 0 Å². The SMILES string of the molecule is CC(C)c1cnc(N2CN(c3cccc(Oc4ccc5c6ccccc6n(-c6cc(C(C)(C)C)ccn6)c5c4)c3)c3cccnc32)c(C(C)C)c1. The molecular formula is C44H44N6O. The topological polar surface area (TPSA) is 59.3 Å². The van der Waals surface area contributed by atoms with Gasteiger partial charge in [0.05, 0.1) is 16.7 Å². The summed E-state index contributed by atoms with van der Waals surface area (Å²) in [6.07, 6.45) is 5.78. The highest BCUT2D eigenvalue weighted by Crippen LogP contribution is 2.45. The molecule has 8 rings (SSSR count). The zero-order valence-electron chi connectivity index (χ0n) is 30.4. The van der Waals surface area contributed by atoms with Crippen LogP contribution >= 0.6 is 0 Å². The van der Waals surface area contributed by atoms with Gasteiger partial charge in [-0.25, -0.2) is 15.0 Å². The predicted octanol–water partition coefficient (Wildman–Crippen LogP) is 11.6. The van der Waals surface area contributed by atoms with Crippen LogP contribution in [0.1, 0.15) is 77.0 Å². The number of fused-ring (bicyclic) bond motifs is 4. The van der Waals surface area contributed by atoms with Crippen LogP contribution in [0.2, 0.25) is 0 Å². The van der Waals surface area contributed by atoms with Gasteiger partial charge in [0.2, 0.25) is 0 Å². The van der Waals surface area contributed by atoms with Gasteiger partial charge in [0.1, 0.15) is 29.8 Å². The van der Waals surface area contributed by atoms with E-state index in [9.17, 15) is 0 Å². The molecule has 0 unspecified atom stereocenters. The molecule has 0 saturated heterocycles. The largest absolute Gasteiger partial charge is 0.457 e. The molecule has 0 radical (unpaired) electrons. The lowest BCUT2D eigenvalue weighted by atomic mass is 9.88. The van der Waals surface area contributed by atoms with Crippen molar-refractivity contribution < 1.29 is 4.74 Å². The number of nitrogens with zero attached hydrogens (tertiary/aromatic N) is 6. The van der Waals surface area contributed by atoms with Crippen LogP contribution in [-0.4, -0.2) is 26.2 Å². The average molecular weight is 673 g/mol. The summed E-state index contributed by atoms with van der Waals surface area (Å²) in [6, 6.07) is 33.9. The van der Waals surface area contributed by atoms with Crippen LogP contribution in [0.4, 0.5) is 23.0 Å². The second-order valence-corrected chi connectivity index (χ2v) is 15.1. The molecule has 0 amide bonds. The van der Waals surface area contributed by atoms with Crippen molar-refractivity contribution in [3.63, 3.8) is 0 Å². The molecule has 7 aromatic rings. The monoisotopic (exact) mass is 672 g/mol. The summed E-state index contributed by atoms with van der Waals surface area (Å²) in [5.74, 6) is 5.00. The van der Waals surface area contributed by atoms with Crippen LogP contribution in [0, 0.1) is 0 Å². The normalized spacial score (nSPS) is 13.2. The molecule has 3 aromatic carbocycles. The van der Waals surface area contributed by atoms with E-state index in [4.69, 9.17) is 19.7 Å². The minimum Gasteiger partial charge on any atom is -0.457 e. The van der Waals surface area contributed by atoms with Crippen LogP contribution in [0.3, 0.4) is 0 Å². The summed E-state index contributed by atoms with van der Waals surface area (Å²) in [4.78, 5) is 19.2. The maximum Gasteiger partial charge on any atom is 0.159 e. The van der Waals surface area contributed by atoms with Crippen LogP contribution < -0.4 is 14.5 Å². The van der Waals surface area contributed by atoms with Crippen molar-refractivity contribution >= 4 is 44.8 Å². The third-order valence-electron chi connectivity index (χ3n) is 9.91. The fraction of sp³-hybridized carbons (Fsp3) is 0.250. The highest BCUT2D eigenvalue weighted by atomic mass is 16.5. The Hall–Kier alpha value is -5.69. The predicted molar refractivity (Wildman–Crippen MR) is 210 cm³/mol. The zero-order chi connectivity index (χ0) is 35.4. The molecular weight excluding hydrogens is 629 g/mol. The summed E-state index contributed by atoms with van der Waals surface area (Å²) < 4.78 is 8.88. The van der Waals surface area contributed by atoms with Gasteiger partial charge in [-0.05, 0) is 88.5 Å². The van der Waals surface area contributed by atoms with Gasteiger partial charge in [0.25, 0.3) is 0 Å². The molecule has 0 spiro atoms. The highest BCUT2D eigenvalue weighted by molar-refractivity contribution is 6.09. The molecule has 51 heavy (non-hydrogen) atoms. The lowest BCUT2D eigenvalue weighted by Crippen LogP contribution is -2.26. The van der Waals surface area contributed by atoms with Crippen LogP contribution in [0.5, 0.6) is 11.5 Å². The van der Waals surface area contributed by atoms with Gasteiger partial charge < -0.3 is 9.64 Å². The molecule has 0 aliphatic carbocycles. The molecule has 256 valence electrons. The van der Waals surface area contributed by atoms with E-state index in [1.807, 2.05) is 30.7 Å². The number of rotatable bonds is 7. The summed E-state index contributed by atoms with van der Waals surface area (Å²) in [7, 11) is 0. The molecule has 0 N–H and O–H groups in total. The average Bonchev–Trinajstić information content (AvgIpc) is 3.67. The van der Waals surface area contributed by atoms with E-state index in [1.54, 1.807) is 0 Å². The minimum absolute atomic E-state index is 0.00427. The number of pyridine rings is 3. The fourth-order valence-corrected chi connectivity index (χ4v) is 7.06. The Balaban J connectivity index is 1.15. The van der Waals surface area contributed by atoms with E-state index in [1.165, 1.54) is 22.1 Å². The molecule has 0 saturated carbocycles. The lowest BCUT2D eigenvalue weighted by molar-refractivity contribution is 0.483. The van der Waals surface area contributed by atoms with E-state index < -0.39 is 0 Å². The fourth-order valence-electron chi connectivity index (χ4n) is 7.06.